The summed E-state index contributed by atoms with van der Waals surface area (Å²) in [5.41, 5.74) is 11.3. The molecule has 0 fully saturated rings. The van der Waals surface area contributed by atoms with Crippen LogP contribution in [0.5, 0.6) is 0 Å². The third-order valence-electron chi connectivity index (χ3n) is 9.43. The van der Waals surface area contributed by atoms with Gasteiger partial charge in [0.2, 0.25) is 0 Å². The van der Waals surface area contributed by atoms with Crippen molar-refractivity contribution in [1.29, 1.82) is 0 Å². The summed E-state index contributed by atoms with van der Waals surface area (Å²) in [6.07, 6.45) is 5.40. The zero-order valence-corrected chi connectivity index (χ0v) is 25.4. The molecule has 3 heterocycles. The van der Waals surface area contributed by atoms with Crippen LogP contribution in [0.3, 0.4) is 0 Å². The Morgan fingerprint density at radius 1 is 0.565 bits per heavy atom. The summed E-state index contributed by atoms with van der Waals surface area (Å²) >= 11 is 0. The van der Waals surface area contributed by atoms with Crippen molar-refractivity contribution in [2.24, 2.45) is 4.99 Å². The number of aromatic nitrogens is 1. The molecule has 1 unspecified atom stereocenters. The summed E-state index contributed by atoms with van der Waals surface area (Å²) in [6, 6.07) is 52.0. The summed E-state index contributed by atoms with van der Waals surface area (Å²) in [6.45, 7) is 0. The summed E-state index contributed by atoms with van der Waals surface area (Å²) in [5.74, 6) is 0. The van der Waals surface area contributed by atoms with Crippen LogP contribution in [0.25, 0.3) is 55.0 Å². The van der Waals surface area contributed by atoms with Crippen molar-refractivity contribution >= 4 is 55.0 Å². The number of nitrogens with zero attached hydrogens (tertiary/aromatic N) is 2. The maximum atomic E-state index is 6.35. The molecule has 0 spiro atoms. The number of fused-ring (bicyclic) bond motifs is 6. The van der Waals surface area contributed by atoms with Gasteiger partial charge in [-0.05, 0) is 77.9 Å². The van der Waals surface area contributed by atoms with E-state index in [1.807, 2.05) is 12.1 Å². The van der Waals surface area contributed by atoms with Crippen LogP contribution in [0.2, 0.25) is 0 Å². The standard InChI is InChI=1S/C43H32N2O/c1-3-13-29(14-4-1)38-22-12-18-32(26-39(44-38)30-15-5-2-6-16-30)31-17-11-19-33(25-31)45-40-23-9-7-20-34(40)36-27-37-35-21-8-10-24-42(35)46-43(37)28-41(36)45/h1-11,13-17,19-21,23-28,38H,12,18,22H2. The van der Waals surface area contributed by atoms with Crippen molar-refractivity contribution in [3.63, 3.8) is 0 Å². The van der Waals surface area contributed by atoms with Gasteiger partial charge in [-0.3, -0.25) is 4.99 Å². The zero-order valence-electron chi connectivity index (χ0n) is 25.4. The van der Waals surface area contributed by atoms with Crippen molar-refractivity contribution in [1.82, 2.24) is 4.57 Å². The van der Waals surface area contributed by atoms with Crippen molar-refractivity contribution in [2.75, 3.05) is 0 Å². The molecule has 0 bridgehead atoms. The Kier molecular flexibility index (Phi) is 6.41. The number of hydrogen-bond acceptors (Lipinski definition) is 2. The molecule has 1 atom stereocenters. The van der Waals surface area contributed by atoms with E-state index in [1.165, 1.54) is 33.0 Å². The molecule has 0 amide bonds. The van der Waals surface area contributed by atoms with Crippen LogP contribution < -0.4 is 0 Å². The van der Waals surface area contributed by atoms with E-state index in [1.54, 1.807) is 0 Å². The highest BCUT2D eigenvalue weighted by molar-refractivity contribution is 6.17. The van der Waals surface area contributed by atoms with Gasteiger partial charge in [0.1, 0.15) is 11.2 Å². The van der Waals surface area contributed by atoms with Gasteiger partial charge in [-0.2, -0.15) is 0 Å². The number of furan rings is 1. The van der Waals surface area contributed by atoms with Crippen LogP contribution in [0, 0.1) is 0 Å². The monoisotopic (exact) mass is 592 g/mol. The molecule has 220 valence electrons. The topological polar surface area (TPSA) is 30.4 Å². The normalized spacial score (nSPS) is 15.6. The van der Waals surface area contributed by atoms with E-state index in [9.17, 15) is 0 Å². The van der Waals surface area contributed by atoms with Crippen molar-refractivity contribution < 1.29 is 4.42 Å². The van der Waals surface area contributed by atoms with Crippen LogP contribution in [0.4, 0.5) is 0 Å². The second-order valence-corrected chi connectivity index (χ2v) is 12.2. The van der Waals surface area contributed by atoms with Gasteiger partial charge >= 0.3 is 0 Å². The van der Waals surface area contributed by atoms with Crippen LogP contribution in [0.15, 0.2) is 161 Å². The lowest BCUT2D eigenvalue weighted by Gasteiger charge is -2.20. The second kappa shape index (κ2) is 11.0. The molecule has 46 heavy (non-hydrogen) atoms. The van der Waals surface area contributed by atoms with Crippen LogP contribution in [0.1, 0.15) is 42.0 Å². The molecule has 0 aliphatic carbocycles. The second-order valence-electron chi connectivity index (χ2n) is 12.2. The molecule has 1 aliphatic rings. The molecule has 3 heteroatoms. The minimum atomic E-state index is 0.147. The minimum absolute atomic E-state index is 0.147. The quantitative estimate of drug-likeness (QED) is 0.200. The summed E-state index contributed by atoms with van der Waals surface area (Å²) in [7, 11) is 0. The number of para-hydroxylation sites is 2. The Morgan fingerprint density at radius 2 is 1.30 bits per heavy atom. The molecular weight excluding hydrogens is 560 g/mol. The molecule has 2 aromatic heterocycles. The Bertz CT molecular complexity index is 2440. The molecule has 0 saturated carbocycles. The van der Waals surface area contributed by atoms with Gasteiger partial charge < -0.3 is 8.98 Å². The Morgan fingerprint density at radius 3 is 2.17 bits per heavy atom. The minimum Gasteiger partial charge on any atom is -0.456 e. The van der Waals surface area contributed by atoms with E-state index in [0.717, 1.165) is 63.7 Å². The average Bonchev–Trinajstić information content (AvgIpc) is 3.63. The van der Waals surface area contributed by atoms with Gasteiger partial charge in [0.15, 0.2) is 0 Å². The Labute approximate surface area is 267 Å². The fraction of sp³-hybridized carbons (Fsp3) is 0.0930. The van der Waals surface area contributed by atoms with Gasteiger partial charge in [0.25, 0.3) is 0 Å². The lowest BCUT2D eigenvalue weighted by molar-refractivity contribution is 0.620. The lowest BCUT2D eigenvalue weighted by atomic mass is 9.92. The van der Waals surface area contributed by atoms with E-state index in [4.69, 9.17) is 9.41 Å². The fourth-order valence-corrected chi connectivity index (χ4v) is 7.21. The third kappa shape index (κ3) is 4.55. The first-order chi connectivity index (χ1) is 22.8. The third-order valence-corrected chi connectivity index (χ3v) is 9.43. The molecule has 0 radical (unpaired) electrons. The lowest BCUT2D eigenvalue weighted by Crippen LogP contribution is -2.07. The largest absolute Gasteiger partial charge is 0.456 e. The van der Waals surface area contributed by atoms with E-state index in [2.05, 4.69) is 144 Å². The fourth-order valence-electron chi connectivity index (χ4n) is 7.21. The maximum absolute atomic E-state index is 6.35. The first-order valence-corrected chi connectivity index (χ1v) is 16.1. The predicted molar refractivity (Wildman–Crippen MR) is 192 cm³/mol. The highest BCUT2D eigenvalue weighted by Crippen LogP contribution is 2.39. The maximum Gasteiger partial charge on any atom is 0.137 e. The van der Waals surface area contributed by atoms with E-state index in [-0.39, 0.29) is 6.04 Å². The molecule has 0 N–H and O–H groups in total. The Balaban J connectivity index is 1.21. The number of aliphatic imine (C=N–C) groups is 1. The van der Waals surface area contributed by atoms with Crippen molar-refractivity contribution in [3.05, 3.63) is 168 Å². The molecule has 1 aliphatic heterocycles. The zero-order chi connectivity index (χ0) is 30.5. The highest BCUT2D eigenvalue weighted by Gasteiger charge is 2.19. The predicted octanol–water partition coefficient (Wildman–Crippen LogP) is 11.5. The van der Waals surface area contributed by atoms with E-state index >= 15 is 0 Å². The SMILES string of the molecule is C1=C(c2cccc(-n3c4ccccc4c4cc5c(cc43)oc3ccccc35)c2)CCCC(c2ccccc2)N=C1c1ccccc1. The molecule has 9 rings (SSSR count). The van der Waals surface area contributed by atoms with Gasteiger partial charge in [-0.25, -0.2) is 0 Å². The summed E-state index contributed by atoms with van der Waals surface area (Å²) < 4.78 is 8.74. The smallest absolute Gasteiger partial charge is 0.137 e. The Hall–Kier alpha value is -5.67. The van der Waals surface area contributed by atoms with Gasteiger partial charge in [0.05, 0.1) is 22.8 Å². The summed E-state index contributed by atoms with van der Waals surface area (Å²) in [5, 5.41) is 4.78. The highest BCUT2D eigenvalue weighted by atomic mass is 16.3. The number of hydrogen-bond donors (Lipinski definition) is 0. The van der Waals surface area contributed by atoms with Crippen LogP contribution in [-0.4, -0.2) is 10.3 Å². The van der Waals surface area contributed by atoms with Crippen LogP contribution >= 0.6 is 0 Å². The molecule has 8 aromatic rings. The van der Waals surface area contributed by atoms with Gasteiger partial charge in [-0.15, -0.1) is 0 Å². The number of benzene rings is 6. The number of rotatable bonds is 4. The van der Waals surface area contributed by atoms with E-state index < -0.39 is 0 Å². The molecule has 6 aromatic carbocycles. The van der Waals surface area contributed by atoms with E-state index in [0.29, 0.717) is 0 Å². The average molecular weight is 593 g/mol. The molecule has 3 nitrogen and oxygen atoms in total. The van der Waals surface area contributed by atoms with Crippen LogP contribution in [-0.2, 0) is 0 Å². The number of allylic oxidation sites excluding steroid dienone is 2. The molecule has 0 saturated heterocycles. The first-order valence-electron chi connectivity index (χ1n) is 16.1. The van der Waals surface area contributed by atoms with Crippen molar-refractivity contribution in [3.8, 4) is 5.69 Å². The first kappa shape index (κ1) is 26.7. The summed E-state index contributed by atoms with van der Waals surface area (Å²) in [4.78, 5) is 5.38. The van der Waals surface area contributed by atoms with Gasteiger partial charge in [0, 0.05) is 33.3 Å². The molecular formula is C43H32N2O. The van der Waals surface area contributed by atoms with Gasteiger partial charge in [-0.1, -0.05) is 109 Å². The van der Waals surface area contributed by atoms with Crippen molar-refractivity contribution in [2.45, 2.75) is 25.3 Å².